The van der Waals surface area contributed by atoms with Crippen LogP contribution in [-0.2, 0) is 0 Å². The molecule has 0 fully saturated rings. The maximum absolute atomic E-state index is 13.5. The Hall–Kier alpha value is -0.0700. The minimum absolute atomic E-state index is 0.240. The molecule has 1 aliphatic carbocycles. The molecule has 0 aromatic rings. The van der Waals surface area contributed by atoms with Gasteiger partial charge in [0.2, 0.25) is 0 Å². The highest BCUT2D eigenvalue weighted by molar-refractivity contribution is 9.14. The summed E-state index contributed by atoms with van der Waals surface area (Å²) < 4.78 is 62.9. The van der Waals surface area contributed by atoms with Crippen LogP contribution in [0.15, 0.2) is 19.4 Å². The molecule has 0 amide bonds. The maximum atomic E-state index is 13.5. The zero-order chi connectivity index (χ0) is 13.4. The zero-order valence-electron chi connectivity index (χ0n) is 7.66. The van der Waals surface area contributed by atoms with Gasteiger partial charge in [-0.2, -0.15) is 18.4 Å². The van der Waals surface area contributed by atoms with Crippen LogP contribution in [0.4, 0.5) is 22.0 Å². The third kappa shape index (κ3) is 3.23. The summed E-state index contributed by atoms with van der Waals surface area (Å²) in [6.45, 7) is 0. The lowest BCUT2D eigenvalue weighted by Gasteiger charge is -2.10. The first-order chi connectivity index (χ1) is 7.69. The number of allylic oxidation sites excluding steroid dienone is 4. The van der Waals surface area contributed by atoms with Crippen LogP contribution in [0, 0.1) is 11.3 Å². The second-order valence-electron chi connectivity index (χ2n) is 2.87. The Morgan fingerprint density at radius 3 is 1.88 bits per heavy atom. The van der Waals surface area contributed by atoms with Gasteiger partial charge in [-0.3, -0.25) is 0 Å². The standard InChI is InChI=1S/C8H2Br2F5NS/c9-4-5(10)7(12)3(6(4)11)2(1-16)17-8(13,14)15/h6-7H. The van der Waals surface area contributed by atoms with Gasteiger partial charge in [0.15, 0.2) is 12.3 Å². The average Bonchev–Trinajstić information content (AvgIpc) is 2.40. The van der Waals surface area contributed by atoms with E-state index >= 15 is 0 Å². The number of thioether (sulfide) groups is 1. The van der Waals surface area contributed by atoms with E-state index in [0.29, 0.717) is 0 Å². The van der Waals surface area contributed by atoms with Crippen LogP contribution >= 0.6 is 43.6 Å². The van der Waals surface area contributed by atoms with Crippen molar-refractivity contribution in [2.75, 3.05) is 0 Å². The average molecular weight is 399 g/mol. The van der Waals surface area contributed by atoms with Crippen LogP contribution in [0.25, 0.3) is 0 Å². The number of hydrogen-bond donors (Lipinski definition) is 0. The van der Waals surface area contributed by atoms with Crippen molar-refractivity contribution in [1.82, 2.24) is 0 Å². The number of rotatable bonds is 1. The fourth-order valence-electron chi connectivity index (χ4n) is 1.14. The lowest BCUT2D eigenvalue weighted by Crippen LogP contribution is -2.11. The van der Waals surface area contributed by atoms with Crippen molar-refractivity contribution >= 4 is 43.6 Å². The molecule has 1 nitrogen and oxygen atoms in total. The number of alkyl halides is 5. The van der Waals surface area contributed by atoms with Gasteiger partial charge < -0.3 is 0 Å². The van der Waals surface area contributed by atoms with Gasteiger partial charge >= 0.3 is 5.51 Å². The zero-order valence-corrected chi connectivity index (χ0v) is 11.6. The van der Waals surface area contributed by atoms with E-state index < -0.39 is 40.1 Å². The lowest BCUT2D eigenvalue weighted by molar-refractivity contribution is -0.0321. The second-order valence-corrected chi connectivity index (χ2v) is 5.65. The summed E-state index contributed by atoms with van der Waals surface area (Å²) in [5, 5.41) is 8.55. The molecule has 0 radical (unpaired) electrons. The van der Waals surface area contributed by atoms with Gasteiger partial charge in [0, 0.05) is 14.5 Å². The number of halogens is 7. The quantitative estimate of drug-likeness (QED) is 0.471. The number of nitrogens with zero attached hydrogens (tertiary/aromatic N) is 1. The molecule has 0 heterocycles. The predicted octanol–water partition coefficient (Wildman–Crippen LogP) is 4.71. The molecule has 2 unspecified atom stereocenters. The van der Waals surface area contributed by atoms with Crippen LogP contribution in [0.5, 0.6) is 0 Å². The van der Waals surface area contributed by atoms with E-state index in [1.165, 1.54) is 6.07 Å². The van der Waals surface area contributed by atoms with E-state index in [1.807, 2.05) is 0 Å². The number of nitriles is 1. The van der Waals surface area contributed by atoms with Gasteiger partial charge in [-0.1, -0.05) is 31.9 Å². The second kappa shape index (κ2) is 5.28. The van der Waals surface area contributed by atoms with Crippen molar-refractivity contribution in [3.8, 4) is 6.07 Å². The van der Waals surface area contributed by atoms with Gasteiger partial charge in [0.1, 0.15) is 6.07 Å². The summed E-state index contributed by atoms with van der Waals surface area (Å²) in [6.07, 6.45) is -4.16. The predicted molar refractivity (Wildman–Crippen MR) is 61.0 cm³/mol. The monoisotopic (exact) mass is 397 g/mol. The van der Waals surface area contributed by atoms with Crippen molar-refractivity contribution in [3.63, 3.8) is 0 Å². The Kier molecular flexibility index (Phi) is 4.66. The molecule has 0 aromatic heterocycles. The van der Waals surface area contributed by atoms with E-state index in [-0.39, 0.29) is 8.96 Å². The Morgan fingerprint density at radius 1 is 1.18 bits per heavy atom. The molecule has 0 N–H and O–H groups in total. The summed E-state index contributed by atoms with van der Waals surface area (Å²) in [5.41, 5.74) is -5.59. The maximum Gasteiger partial charge on any atom is 0.447 e. The van der Waals surface area contributed by atoms with Gasteiger partial charge in [0.05, 0.1) is 4.91 Å². The fourth-order valence-corrected chi connectivity index (χ4v) is 2.63. The molecule has 94 valence electrons. The minimum Gasteiger partial charge on any atom is -0.237 e. The topological polar surface area (TPSA) is 23.8 Å². The molecule has 17 heavy (non-hydrogen) atoms. The molecule has 2 atom stereocenters. The molecule has 1 rings (SSSR count). The Labute approximate surface area is 114 Å². The van der Waals surface area contributed by atoms with Gasteiger partial charge in [-0.05, 0) is 11.8 Å². The van der Waals surface area contributed by atoms with Crippen molar-refractivity contribution in [1.29, 1.82) is 5.26 Å². The van der Waals surface area contributed by atoms with Crippen molar-refractivity contribution in [2.24, 2.45) is 0 Å². The Morgan fingerprint density at radius 2 is 1.59 bits per heavy atom. The summed E-state index contributed by atoms with van der Waals surface area (Å²) >= 11 is 4.60. The third-order valence-electron chi connectivity index (χ3n) is 1.80. The smallest absolute Gasteiger partial charge is 0.237 e. The summed E-state index contributed by atoms with van der Waals surface area (Å²) in [7, 11) is 0. The Bertz CT molecular complexity index is 416. The molecule has 0 bridgehead atoms. The Balaban J connectivity index is 3.18. The van der Waals surface area contributed by atoms with Crippen molar-refractivity contribution in [3.05, 3.63) is 19.4 Å². The highest BCUT2D eigenvalue weighted by Crippen LogP contribution is 2.47. The molecular formula is C8H2Br2F5NS. The third-order valence-corrected chi connectivity index (χ3v) is 4.75. The molecule has 0 saturated carbocycles. The molecular weight excluding hydrogens is 397 g/mol. The molecule has 0 spiro atoms. The molecule has 0 aliphatic heterocycles. The van der Waals surface area contributed by atoms with Crippen molar-refractivity contribution < 1.29 is 22.0 Å². The van der Waals surface area contributed by atoms with E-state index in [1.54, 1.807) is 0 Å². The van der Waals surface area contributed by atoms with E-state index in [4.69, 9.17) is 5.26 Å². The van der Waals surface area contributed by atoms with Gasteiger partial charge in [-0.15, -0.1) is 0 Å². The molecule has 0 saturated heterocycles. The highest BCUT2D eigenvalue weighted by atomic mass is 79.9. The SMILES string of the molecule is N#CC(SC(F)(F)F)=C1C(F)C(Br)=C(Br)C1F. The fraction of sp³-hybridized carbons (Fsp3) is 0.375. The first kappa shape index (κ1) is 15.0. The van der Waals surface area contributed by atoms with Crippen LogP contribution in [0.1, 0.15) is 0 Å². The van der Waals surface area contributed by atoms with Crippen molar-refractivity contribution in [2.45, 2.75) is 17.9 Å². The highest BCUT2D eigenvalue weighted by Gasteiger charge is 2.42. The first-order valence-electron chi connectivity index (χ1n) is 3.92. The largest absolute Gasteiger partial charge is 0.447 e. The van der Waals surface area contributed by atoms with Crippen LogP contribution in [0.2, 0.25) is 0 Å². The van der Waals surface area contributed by atoms with Crippen LogP contribution in [0.3, 0.4) is 0 Å². The van der Waals surface area contributed by atoms with Crippen LogP contribution in [-0.4, -0.2) is 17.9 Å². The van der Waals surface area contributed by atoms with E-state index in [0.717, 1.165) is 0 Å². The van der Waals surface area contributed by atoms with Gasteiger partial charge in [0.25, 0.3) is 0 Å². The van der Waals surface area contributed by atoms with Crippen LogP contribution < -0.4 is 0 Å². The van der Waals surface area contributed by atoms with E-state index in [9.17, 15) is 22.0 Å². The normalized spacial score (nSPS) is 25.2. The molecule has 0 aromatic carbocycles. The minimum atomic E-state index is -4.76. The summed E-state index contributed by atoms with van der Waals surface area (Å²) in [4.78, 5) is -1.01. The van der Waals surface area contributed by atoms with E-state index in [2.05, 4.69) is 31.9 Å². The first-order valence-corrected chi connectivity index (χ1v) is 6.32. The molecule has 9 heteroatoms. The molecule has 1 aliphatic rings. The number of hydrogen-bond acceptors (Lipinski definition) is 2. The summed E-state index contributed by atoms with van der Waals surface area (Å²) in [6, 6.07) is 1.18. The lowest BCUT2D eigenvalue weighted by atomic mass is 10.1. The van der Waals surface area contributed by atoms with Gasteiger partial charge in [-0.25, -0.2) is 8.78 Å². The summed E-state index contributed by atoms with van der Waals surface area (Å²) in [5.74, 6) is 0.